The summed E-state index contributed by atoms with van der Waals surface area (Å²) in [5.41, 5.74) is 4.12. The summed E-state index contributed by atoms with van der Waals surface area (Å²) in [6.07, 6.45) is 5.80. The molecule has 28 heavy (non-hydrogen) atoms. The summed E-state index contributed by atoms with van der Waals surface area (Å²) in [6, 6.07) is 6.09. The van der Waals surface area contributed by atoms with Gasteiger partial charge in [0.25, 0.3) is 5.91 Å². The van der Waals surface area contributed by atoms with Crippen molar-refractivity contribution >= 4 is 5.91 Å². The molecular weight excluding hydrogens is 348 g/mol. The van der Waals surface area contributed by atoms with E-state index in [1.54, 1.807) is 0 Å². The maximum atomic E-state index is 13.3. The SMILES string of the molecule is CC(C)=CCCN1CC[C@@H](O)[C@]2(CCCN(C(=O)c3cc(C)ccc3C)C2)C1. The molecule has 4 heteroatoms. The molecule has 1 aromatic rings. The van der Waals surface area contributed by atoms with Crippen LogP contribution in [0, 0.1) is 19.3 Å². The summed E-state index contributed by atoms with van der Waals surface area (Å²) in [5, 5.41) is 10.9. The van der Waals surface area contributed by atoms with Crippen molar-refractivity contribution in [3.63, 3.8) is 0 Å². The Hall–Kier alpha value is -1.65. The number of benzene rings is 1. The number of amides is 1. The Labute approximate surface area is 170 Å². The van der Waals surface area contributed by atoms with Crippen molar-refractivity contribution in [1.82, 2.24) is 9.80 Å². The van der Waals surface area contributed by atoms with Gasteiger partial charge in [0.1, 0.15) is 0 Å². The Morgan fingerprint density at radius 2 is 2.04 bits per heavy atom. The van der Waals surface area contributed by atoms with Crippen LogP contribution in [0.4, 0.5) is 0 Å². The van der Waals surface area contributed by atoms with E-state index in [1.807, 2.05) is 30.9 Å². The summed E-state index contributed by atoms with van der Waals surface area (Å²) < 4.78 is 0. The van der Waals surface area contributed by atoms with Gasteiger partial charge in [-0.1, -0.05) is 29.3 Å². The predicted octanol–water partition coefficient (Wildman–Crippen LogP) is 3.95. The first-order chi connectivity index (χ1) is 13.3. The average molecular weight is 385 g/mol. The van der Waals surface area contributed by atoms with Gasteiger partial charge in [0, 0.05) is 43.7 Å². The van der Waals surface area contributed by atoms with Gasteiger partial charge in [0.15, 0.2) is 0 Å². The normalized spacial score (nSPS) is 25.8. The third-order valence-electron chi connectivity index (χ3n) is 6.48. The van der Waals surface area contributed by atoms with Crippen LogP contribution in [0.2, 0.25) is 0 Å². The van der Waals surface area contributed by atoms with Crippen LogP contribution in [-0.4, -0.2) is 59.6 Å². The fourth-order valence-corrected chi connectivity index (χ4v) is 4.84. The molecular formula is C24H36N2O2. The zero-order valence-electron chi connectivity index (χ0n) is 18.0. The van der Waals surface area contributed by atoms with Crippen molar-refractivity contribution in [2.75, 3.05) is 32.7 Å². The molecule has 2 atom stereocenters. The molecule has 0 aliphatic carbocycles. The van der Waals surface area contributed by atoms with Crippen molar-refractivity contribution in [2.24, 2.45) is 5.41 Å². The Bertz CT molecular complexity index is 738. The average Bonchev–Trinajstić information content (AvgIpc) is 2.66. The van der Waals surface area contributed by atoms with Gasteiger partial charge in [-0.15, -0.1) is 0 Å². The van der Waals surface area contributed by atoms with Crippen LogP contribution in [0.3, 0.4) is 0 Å². The number of aliphatic hydroxyl groups is 1. The molecule has 1 aromatic carbocycles. The molecule has 1 spiro atoms. The van der Waals surface area contributed by atoms with Crippen LogP contribution in [0.5, 0.6) is 0 Å². The molecule has 0 saturated carbocycles. The molecule has 2 aliphatic heterocycles. The van der Waals surface area contributed by atoms with Crippen LogP contribution in [0.15, 0.2) is 29.8 Å². The third-order valence-corrected chi connectivity index (χ3v) is 6.48. The molecule has 2 fully saturated rings. The first-order valence-electron chi connectivity index (χ1n) is 10.7. The van der Waals surface area contributed by atoms with E-state index in [1.165, 1.54) is 5.57 Å². The smallest absolute Gasteiger partial charge is 0.254 e. The zero-order chi connectivity index (χ0) is 20.3. The Kier molecular flexibility index (Phi) is 6.61. The van der Waals surface area contributed by atoms with E-state index in [0.29, 0.717) is 6.54 Å². The van der Waals surface area contributed by atoms with E-state index in [-0.39, 0.29) is 17.4 Å². The molecule has 2 saturated heterocycles. The lowest BCUT2D eigenvalue weighted by molar-refractivity contribution is -0.0782. The van der Waals surface area contributed by atoms with Crippen molar-refractivity contribution in [3.8, 4) is 0 Å². The van der Waals surface area contributed by atoms with Gasteiger partial charge in [-0.2, -0.15) is 0 Å². The number of hydrogen-bond acceptors (Lipinski definition) is 3. The van der Waals surface area contributed by atoms with Crippen LogP contribution >= 0.6 is 0 Å². The number of aryl methyl sites for hydroxylation is 2. The van der Waals surface area contributed by atoms with Crippen LogP contribution in [0.1, 0.15) is 61.0 Å². The molecule has 1 amide bonds. The molecule has 1 N–H and O–H groups in total. The van der Waals surface area contributed by atoms with E-state index < -0.39 is 0 Å². The van der Waals surface area contributed by atoms with Gasteiger partial charge in [0.05, 0.1) is 6.10 Å². The standard InChI is InChI=1S/C24H36N2O2/c1-18(2)7-5-12-25-14-10-22(27)24(16-25)11-6-13-26(17-24)23(28)21-15-19(3)8-9-20(21)4/h7-9,15,22,27H,5-6,10-14,16-17H2,1-4H3/t22-,24-/m1/s1. The third kappa shape index (κ3) is 4.66. The second-order valence-electron chi connectivity index (χ2n) is 9.16. The van der Waals surface area contributed by atoms with E-state index in [9.17, 15) is 9.90 Å². The lowest BCUT2D eigenvalue weighted by Gasteiger charge is -2.51. The number of nitrogens with zero attached hydrogens (tertiary/aromatic N) is 2. The van der Waals surface area contributed by atoms with Gasteiger partial charge in [-0.05, 0) is 65.0 Å². The minimum Gasteiger partial charge on any atom is -0.392 e. The maximum absolute atomic E-state index is 13.3. The van der Waals surface area contributed by atoms with Crippen LogP contribution < -0.4 is 0 Å². The van der Waals surface area contributed by atoms with Gasteiger partial charge in [0.2, 0.25) is 0 Å². The fraction of sp³-hybridized carbons (Fsp3) is 0.625. The van der Waals surface area contributed by atoms with Crippen LogP contribution in [0.25, 0.3) is 0 Å². The Balaban J connectivity index is 1.73. The fourth-order valence-electron chi connectivity index (χ4n) is 4.84. The van der Waals surface area contributed by atoms with E-state index >= 15 is 0 Å². The number of likely N-dealkylation sites (tertiary alicyclic amines) is 2. The number of carbonyl (C=O) groups excluding carboxylic acids is 1. The summed E-state index contributed by atoms with van der Waals surface area (Å²) in [5.74, 6) is 0.120. The van der Waals surface area contributed by atoms with E-state index in [0.717, 1.165) is 68.6 Å². The maximum Gasteiger partial charge on any atom is 0.254 e. The predicted molar refractivity (Wildman–Crippen MR) is 115 cm³/mol. The molecule has 0 unspecified atom stereocenters. The quantitative estimate of drug-likeness (QED) is 0.800. The van der Waals surface area contributed by atoms with E-state index in [4.69, 9.17) is 0 Å². The summed E-state index contributed by atoms with van der Waals surface area (Å²) in [6.45, 7) is 12.6. The largest absolute Gasteiger partial charge is 0.392 e. The van der Waals surface area contributed by atoms with Gasteiger partial charge in [-0.3, -0.25) is 4.79 Å². The molecule has 0 radical (unpaired) electrons. The second-order valence-corrected chi connectivity index (χ2v) is 9.16. The topological polar surface area (TPSA) is 43.8 Å². The highest BCUT2D eigenvalue weighted by Gasteiger charge is 2.46. The monoisotopic (exact) mass is 384 g/mol. The van der Waals surface area contributed by atoms with Crippen molar-refractivity contribution in [2.45, 2.75) is 59.5 Å². The van der Waals surface area contributed by atoms with Crippen molar-refractivity contribution < 1.29 is 9.90 Å². The molecule has 0 bridgehead atoms. The van der Waals surface area contributed by atoms with E-state index in [2.05, 4.69) is 30.9 Å². The summed E-state index contributed by atoms with van der Waals surface area (Å²) >= 11 is 0. The number of carbonyl (C=O) groups is 1. The minimum atomic E-state index is -0.318. The molecule has 2 heterocycles. The molecule has 0 aromatic heterocycles. The first-order valence-corrected chi connectivity index (χ1v) is 10.7. The lowest BCUT2D eigenvalue weighted by atomic mass is 9.71. The number of rotatable bonds is 4. The lowest BCUT2D eigenvalue weighted by Crippen LogP contribution is -2.59. The summed E-state index contributed by atoms with van der Waals surface area (Å²) in [4.78, 5) is 17.7. The molecule has 3 rings (SSSR count). The number of hydrogen-bond donors (Lipinski definition) is 1. The highest BCUT2D eigenvalue weighted by molar-refractivity contribution is 5.96. The Morgan fingerprint density at radius 3 is 2.79 bits per heavy atom. The number of allylic oxidation sites excluding steroid dienone is 1. The van der Waals surface area contributed by atoms with Crippen LogP contribution in [-0.2, 0) is 0 Å². The Morgan fingerprint density at radius 1 is 1.25 bits per heavy atom. The molecule has 4 nitrogen and oxygen atoms in total. The zero-order valence-corrected chi connectivity index (χ0v) is 18.0. The van der Waals surface area contributed by atoms with Crippen molar-refractivity contribution in [3.05, 3.63) is 46.5 Å². The molecule has 2 aliphatic rings. The minimum absolute atomic E-state index is 0.120. The first kappa shape index (κ1) is 21.1. The highest BCUT2D eigenvalue weighted by Crippen LogP contribution is 2.39. The number of aliphatic hydroxyl groups excluding tert-OH is 1. The molecule has 154 valence electrons. The van der Waals surface area contributed by atoms with Gasteiger partial charge < -0.3 is 14.9 Å². The second kappa shape index (κ2) is 8.79. The van der Waals surface area contributed by atoms with Gasteiger partial charge in [-0.25, -0.2) is 0 Å². The van der Waals surface area contributed by atoms with Gasteiger partial charge >= 0.3 is 0 Å². The van der Waals surface area contributed by atoms with Crippen molar-refractivity contribution in [1.29, 1.82) is 0 Å². The summed E-state index contributed by atoms with van der Waals surface area (Å²) in [7, 11) is 0. The number of piperidine rings is 2. The highest BCUT2D eigenvalue weighted by atomic mass is 16.3.